The number of carboxylic acids is 1. The fourth-order valence-electron chi connectivity index (χ4n) is 2.33. The number of anilines is 1. The molecule has 2 N–H and O–H groups in total. The van der Waals surface area contributed by atoms with Gasteiger partial charge in [-0.3, -0.25) is 19.3 Å². The van der Waals surface area contributed by atoms with Crippen LogP contribution in [0.25, 0.3) is 5.65 Å². The summed E-state index contributed by atoms with van der Waals surface area (Å²) in [6.45, 7) is 0. The van der Waals surface area contributed by atoms with Gasteiger partial charge in [0, 0.05) is 18.0 Å². The van der Waals surface area contributed by atoms with Crippen molar-refractivity contribution in [3.05, 3.63) is 70.2 Å². The number of pyridine rings is 1. The van der Waals surface area contributed by atoms with Gasteiger partial charge in [0.2, 0.25) is 5.91 Å². The number of amides is 1. The molecule has 25 heavy (non-hydrogen) atoms. The van der Waals surface area contributed by atoms with Crippen LogP contribution >= 0.6 is 0 Å². The van der Waals surface area contributed by atoms with E-state index in [0.717, 1.165) is 0 Å². The van der Waals surface area contributed by atoms with E-state index in [9.17, 15) is 19.7 Å². The molecule has 0 bridgehead atoms. The highest BCUT2D eigenvalue weighted by Gasteiger charge is 2.12. The molecule has 0 radical (unpaired) electrons. The largest absolute Gasteiger partial charge is 0.478 e. The first-order chi connectivity index (χ1) is 11.9. The molecule has 3 rings (SSSR count). The lowest BCUT2D eigenvalue weighted by molar-refractivity contribution is -0.385. The second-order valence-corrected chi connectivity index (χ2v) is 5.25. The Hall–Kier alpha value is -3.75. The number of nitro groups is 1. The lowest BCUT2D eigenvalue weighted by Gasteiger charge is -2.04. The Morgan fingerprint density at radius 2 is 2.04 bits per heavy atom. The van der Waals surface area contributed by atoms with E-state index >= 15 is 0 Å². The summed E-state index contributed by atoms with van der Waals surface area (Å²) in [5, 5.41) is 22.3. The number of aromatic nitrogens is 2. The Morgan fingerprint density at radius 1 is 1.24 bits per heavy atom. The fourth-order valence-corrected chi connectivity index (χ4v) is 2.33. The Bertz CT molecular complexity index is 995. The van der Waals surface area contributed by atoms with Crippen LogP contribution in [0.1, 0.15) is 16.1 Å². The van der Waals surface area contributed by atoms with Gasteiger partial charge in [0.05, 0.1) is 28.8 Å². The van der Waals surface area contributed by atoms with Gasteiger partial charge < -0.3 is 10.4 Å². The van der Waals surface area contributed by atoms with Gasteiger partial charge in [-0.05, 0) is 24.3 Å². The van der Waals surface area contributed by atoms with E-state index in [1.54, 1.807) is 6.07 Å². The molecule has 0 spiro atoms. The van der Waals surface area contributed by atoms with Crippen LogP contribution in [0.15, 0.2) is 48.8 Å². The predicted molar refractivity (Wildman–Crippen MR) is 87.6 cm³/mol. The highest BCUT2D eigenvalue weighted by atomic mass is 16.6. The fraction of sp³-hybridized carbons (Fsp3) is 0.0625. The summed E-state index contributed by atoms with van der Waals surface area (Å²) >= 11 is 0. The highest BCUT2D eigenvalue weighted by Crippen LogP contribution is 2.15. The number of carbonyl (C=O) groups excluding carboxylic acids is 1. The zero-order chi connectivity index (χ0) is 18.0. The Balaban J connectivity index is 1.74. The van der Waals surface area contributed by atoms with Gasteiger partial charge in [-0.25, -0.2) is 9.78 Å². The van der Waals surface area contributed by atoms with Crippen molar-refractivity contribution in [1.29, 1.82) is 0 Å². The number of nitrogens with one attached hydrogen (secondary N) is 1. The second-order valence-electron chi connectivity index (χ2n) is 5.25. The van der Waals surface area contributed by atoms with Crippen molar-refractivity contribution in [3.8, 4) is 0 Å². The quantitative estimate of drug-likeness (QED) is 0.541. The van der Waals surface area contributed by atoms with E-state index in [4.69, 9.17) is 5.11 Å². The molecule has 0 aliphatic rings. The number of nitrogens with zero attached hydrogens (tertiary/aromatic N) is 3. The van der Waals surface area contributed by atoms with Gasteiger partial charge in [0.25, 0.3) is 5.69 Å². The molecule has 0 aliphatic carbocycles. The minimum Gasteiger partial charge on any atom is -0.478 e. The van der Waals surface area contributed by atoms with E-state index < -0.39 is 10.9 Å². The normalized spacial score (nSPS) is 10.6. The molecule has 0 atom stereocenters. The van der Waals surface area contributed by atoms with Crippen LogP contribution in [0, 0.1) is 10.1 Å². The number of carbonyl (C=O) groups is 2. The van der Waals surface area contributed by atoms with Crippen molar-refractivity contribution in [3.63, 3.8) is 0 Å². The van der Waals surface area contributed by atoms with Crippen LogP contribution in [0.4, 0.5) is 11.4 Å². The number of fused-ring (bicyclic) bond motifs is 1. The van der Waals surface area contributed by atoms with E-state index in [1.807, 2.05) is 0 Å². The third-order valence-electron chi connectivity index (χ3n) is 3.43. The lowest BCUT2D eigenvalue weighted by Crippen LogP contribution is -2.15. The summed E-state index contributed by atoms with van der Waals surface area (Å²) < 4.78 is 1.48. The number of aromatic carboxylic acids is 1. The molecular weight excluding hydrogens is 328 g/mol. The first kappa shape index (κ1) is 16.1. The number of carboxylic acid groups (broad SMARTS) is 1. The summed E-state index contributed by atoms with van der Waals surface area (Å²) in [6, 6.07) is 8.72. The molecule has 2 heterocycles. The third kappa shape index (κ3) is 3.61. The van der Waals surface area contributed by atoms with Crippen LogP contribution < -0.4 is 5.32 Å². The van der Waals surface area contributed by atoms with Crippen molar-refractivity contribution in [1.82, 2.24) is 9.38 Å². The number of hydrogen-bond donors (Lipinski definition) is 2. The molecule has 1 amide bonds. The summed E-state index contributed by atoms with van der Waals surface area (Å²) in [4.78, 5) is 37.5. The molecule has 0 saturated heterocycles. The number of hydrogen-bond acceptors (Lipinski definition) is 5. The maximum Gasteiger partial charge on any atom is 0.335 e. The molecule has 9 heteroatoms. The van der Waals surface area contributed by atoms with Gasteiger partial charge in [-0.15, -0.1) is 0 Å². The summed E-state index contributed by atoms with van der Waals surface area (Å²) in [5.41, 5.74) is 1.28. The maximum atomic E-state index is 12.1. The average Bonchev–Trinajstić information content (AvgIpc) is 2.95. The Morgan fingerprint density at radius 3 is 2.76 bits per heavy atom. The Labute approximate surface area is 140 Å². The van der Waals surface area contributed by atoms with E-state index in [1.165, 1.54) is 47.1 Å². The maximum absolute atomic E-state index is 12.1. The third-order valence-corrected chi connectivity index (χ3v) is 3.43. The van der Waals surface area contributed by atoms with Crippen molar-refractivity contribution in [2.45, 2.75) is 6.42 Å². The number of benzene rings is 1. The van der Waals surface area contributed by atoms with E-state index in [0.29, 0.717) is 17.0 Å². The summed E-state index contributed by atoms with van der Waals surface area (Å²) in [5.74, 6) is -1.46. The number of imidazole rings is 1. The van der Waals surface area contributed by atoms with E-state index in [-0.39, 0.29) is 23.6 Å². The number of rotatable bonds is 5. The van der Waals surface area contributed by atoms with Crippen molar-refractivity contribution >= 4 is 28.9 Å². The minimum absolute atomic E-state index is 0.0488. The van der Waals surface area contributed by atoms with Gasteiger partial charge >= 0.3 is 5.97 Å². The van der Waals surface area contributed by atoms with Crippen LogP contribution in [-0.4, -0.2) is 31.3 Å². The van der Waals surface area contributed by atoms with Crippen molar-refractivity contribution in [2.24, 2.45) is 0 Å². The Kier molecular flexibility index (Phi) is 4.12. The van der Waals surface area contributed by atoms with Gasteiger partial charge in [-0.2, -0.15) is 0 Å². The highest BCUT2D eigenvalue weighted by molar-refractivity contribution is 5.94. The first-order valence-electron chi connectivity index (χ1n) is 7.17. The predicted octanol–water partition coefficient (Wildman–Crippen LogP) is 2.12. The van der Waals surface area contributed by atoms with Crippen LogP contribution in [0.5, 0.6) is 0 Å². The molecular formula is C16H12N4O5. The molecule has 0 unspecified atom stereocenters. The zero-order valence-corrected chi connectivity index (χ0v) is 12.7. The standard InChI is InChI=1S/C16H12N4O5/c21-15(18-11-3-1-2-10(6-11)16(22)23)7-12-8-19-9-13(20(24)25)4-5-14(19)17-12/h1-6,8-9H,7H2,(H,18,21)(H,22,23). The van der Waals surface area contributed by atoms with Crippen LogP contribution in [0.3, 0.4) is 0 Å². The minimum atomic E-state index is -1.09. The molecule has 0 fully saturated rings. The molecule has 2 aromatic heterocycles. The van der Waals surface area contributed by atoms with Crippen molar-refractivity contribution < 1.29 is 19.6 Å². The molecule has 0 aliphatic heterocycles. The van der Waals surface area contributed by atoms with E-state index in [2.05, 4.69) is 10.3 Å². The topological polar surface area (TPSA) is 127 Å². The zero-order valence-electron chi connectivity index (χ0n) is 12.7. The monoisotopic (exact) mass is 340 g/mol. The van der Waals surface area contributed by atoms with Crippen molar-refractivity contribution in [2.75, 3.05) is 5.32 Å². The second kappa shape index (κ2) is 6.40. The summed E-state index contributed by atoms with van der Waals surface area (Å²) in [6.07, 6.45) is 2.81. The SMILES string of the molecule is O=C(Cc1cn2cc([N+](=O)[O-])ccc2n1)Nc1cccc(C(=O)O)c1. The summed E-state index contributed by atoms with van der Waals surface area (Å²) in [7, 11) is 0. The molecule has 3 aromatic rings. The van der Waals surface area contributed by atoms with Crippen LogP contribution in [0.2, 0.25) is 0 Å². The molecule has 126 valence electrons. The lowest BCUT2D eigenvalue weighted by atomic mass is 10.2. The van der Waals surface area contributed by atoms with Gasteiger partial charge in [0.1, 0.15) is 5.65 Å². The smallest absolute Gasteiger partial charge is 0.335 e. The molecule has 0 saturated carbocycles. The molecule has 1 aromatic carbocycles. The van der Waals surface area contributed by atoms with Gasteiger partial charge in [-0.1, -0.05) is 6.07 Å². The van der Waals surface area contributed by atoms with Crippen LogP contribution in [-0.2, 0) is 11.2 Å². The first-order valence-corrected chi connectivity index (χ1v) is 7.17. The average molecular weight is 340 g/mol. The van der Waals surface area contributed by atoms with Gasteiger partial charge in [0.15, 0.2) is 0 Å². The molecule has 9 nitrogen and oxygen atoms in total.